The van der Waals surface area contributed by atoms with Gasteiger partial charge < -0.3 is 10.5 Å². The molecule has 0 unspecified atom stereocenters. The zero-order chi connectivity index (χ0) is 13.1. The van der Waals surface area contributed by atoms with Crippen molar-refractivity contribution in [1.29, 1.82) is 0 Å². The minimum absolute atomic E-state index is 0.443. The summed E-state index contributed by atoms with van der Waals surface area (Å²) < 4.78 is 7.60. The molecule has 0 radical (unpaired) electrons. The fraction of sp³-hybridized carbons (Fsp3) is 0.308. The third kappa shape index (κ3) is 2.76. The highest BCUT2D eigenvalue weighted by molar-refractivity contribution is 6.32. The number of nitrogens with two attached hydrogens (primary N) is 1. The minimum Gasteiger partial charge on any atom is -0.486 e. The van der Waals surface area contributed by atoms with Crippen LogP contribution < -0.4 is 10.5 Å². The summed E-state index contributed by atoms with van der Waals surface area (Å²) in [7, 11) is 0. The van der Waals surface area contributed by atoms with Crippen molar-refractivity contribution in [2.45, 2.75) is 27.0 Å². The molecule has 18 heavy (non-hydrogen) atoms. The molecule has 0 bridgehead atoms. The molecular formula is C13H16ClN3O. The van der Waals surface area contributed by atoms with Gasteiger partial charge in [0.1, 0.15) is 12.4 Å². The maximum absolute atomic E-state index is 6.05. The van der Waals surface area contributed by atoms with E-state index in [0.29, 0.717) is 23.1 Å². The SMILES string of the molecule is CCn1nc(C)cc1COc1ccc(N)cc1Cl. The van der Waals surface area contributed by atoms with Crippen LogP contribution >= 0.6 is 11.6 Å². The number of aromatic nitrogens is 2. The summed E-state index contributed by atoms with van der Waals surface area (Å²) in [5.74, 6) is 0.632. The van der Waals surface area contributed by atoms with E-state index in [2.05, 4.69) is 5.10 Å². The molecule has 0 fully saturated rings. The lowest BCUT2D eigenvalue weighted by Gasteiger charge is -2.09. The largest absolute Gasteiger partial charge is 0.486 e. The maximum atomic E-state index is 6.05. The Morgan fingerprint density at radius 2 is 2.17 bits per heavy atom. The molecule has 0 amide bonds. The number of nitrogen functional groups attached to an aromatic ring is 1. The van der Waals surface area contributed by atoms with Crippen molar-refractivity contribution in [1.82, 2.24) is 9.78 Å². The molecule has 1 aromatic heterocycles. The highest BCUT2D eigenvalue weighted by Crippen LogP contribution is 2.27. The van der Waals surface area contributed by atoms with Crippen LogP contribution in [0.4, 0.5) is 5.69 Å². The lowest BCUT2D eigenvalue weighted by Crippen LogP contribution is -2.06. The molecule has 96 valence electrons. The highest BCUT2D eigenvalue weighted by Gasteiger charge is 2.07. The van der Waals surface area contributed by atoms with Gasteiger partial charge in [-0.3, -0.25) is 4.68 Å². The topological polar surface area (TPSA) is 53.1 Å². The second kappa shape index (κ2) is 5.31. The van der Waals surface area contributed by atoms with Crippen molar-refractivity contribution in [2.24, 2.45) is 0 Å². The Balaban J connectivity index is 2.11. The molecule has 2 N–H and O–H groups in total. The van der Waals surface area contributed by atoms with E-state index in [9.17, 15) is 0 Å². The summed E-state index contributed by atoms with van der Waals surface area (Å²) in [4.78, 5) is 0. The van der Waals surface area contributed by atoms with Crippen LogP contribution in [0.1, 0.15) is 18.3 Å². The summed E-state index contributed by atoms with van der Waals surface area (Å²) in [5, 5.41) is 4.88. The Labute approximate surface area is 111 Å². The van der Waals surface area contributed by atoms with E-state index in [4.69, 9.17) is 22.1 Å². The van der Waals surface area contributed by atoms with Crippen molar-refractivity contribution < 1.29 is 4.74 Å². The summed E-state index contributed by atoms with van der Waals surface area (Å²) in [6.07, 6.45) is 0. The van der Waals surface area contributed by atoms with Gasteiger partial charge in [0, 0.05) is 12.2 Å². The van der Waals surface area contributed by atoms with Gasteiger partial charge in [-0.1, -0.05) is 11.6 Å². The van der Waals surface area contributed by atoms with E-state index < -0.39 is 0 Å². The van der Waals surface area contributed by atoms with Gasteiger partial charge in [-0.15, -0.1) is 0 Å². The van der Waals surface area contributed by atoms with E-state index in [1.807, 2.05) is 24.6 Å². The van der Waals surface area contributed by atoms with Crippen molar-refractivity contribution >= 4 is 17.3 Å². The Morgan fingerprint density at radius 3 is 2.83 bits per heavy atom. The maximum Gasteiger partial charge on any atom is 0.138 e. The normalized spacial score (nSPS) is 10.6. The van der Waals surface area contributed by atoms with E-state index in [1.54, 1.807) is 18.2 Å². The van der Waals surface area contributed by atoms with Crippen molar-refractivity contribution in [3.8, 4) is 5.75 Å². The first kappa shape index (κ1) is 12.8. The molecule has 2 aromatic rings. The van der Waals surface area contributed by atoms with Gasteiger partial charge in [0.25, 0.3) is 0 Å². The summed E-state index contributed by atoms with van der Waals surface area (Å²) in [6, 6.07) is 7.23. The van der Waals surface area contributed by atoms with Gasteiger partial charge in [0.15, 0.2) is 0 Å². The van der Waals surface area contributed by atoms with Crippen LogP contribution in [0.3, 0.4) is 0 Å². The van der Waals surface area contributed by atoms with Crippen LogP contribution in [0.25, 0.3) is 0 Å². The number of halogens is 1. The number of hydrogen-bond acceptors (Lipinski definition) is 3. The summed E-state index contributed by atoms with van der Waals surface area (Å²) in [5.41, 5.74) is 8.27. The second-order valence-corrected chi connectivity index (χ2v) is 4.48. The molecular weight excluding hydrogens is 250 g/mol. The zero-order valence-electron chi connectivity index (χ0n) is 10.5. The van der Waals surface area contributed by atoms with Crippen LogP contribution in [-0.4, -0.2) is 9.78 Å². The van der Waals surface area contributed by atoms with Crippen molar-refractivity contribution in [3.63, 3.8) is 0 Å². The first-order valence-electron chi connectivity index (χ1n) is 5.81. The Bertz CT molecular complexity index is 551. The highest BCUT2D eigenvalue weighted by atomic mass is 35.5. The van der Waals surface area contributed by atoms with Gasteiger partial charge in [-0.2, -0.15) is 5.10 Å². The van der Waals surface area contributed by atoms with Crippen LogP contribution in [0, 0.1) is 6.92 Å². The van der Waals surface area contributed by atoms with Crippen LogP contribution in [0.15, 0.2) is 24.3 Å². The van der Waals surface area contributed by atoms with E-state index >= 15 is 0 Å². The van der Waals surface area contributed by atoms with Crippen molar-refractivity contribution in [3.05, 3.63) is 40.7 Å². The van der Waals surface area contributed by atoms with Gasteiger partial charge in [0.05, 0.1) is 16.4 Å². The van der Waals surface area contributed by atoms with Gasteiger partial charge in [-0.05, 0) is 38.1 Å². The lowest BCUT2D eigenvalue weighted by atomic mass is 10.3. The fourth-order valence-electron chi connectivity index (χ4n) is 1.77. The second-order valence-electron chi connectivity index (χ2n) is 4.07. The minimum atomic E-state index is 0.443. The van der Waals surface area contributed by atoms with E-state index in [-0.39, 0.29) is 0 Å². The Morgan fingerprint density at radius 1 is 1.39 bits per heavy atom. The number of nitrogens with zero attached hydrogens (tertiary/aromatic N) is 2. The first-order valence-corrected chi connectivity index (χ1v) is 6.19. The van der Waals surface area contributed by atoms with E-state index in [0.717, 1.165) is 17.9 Å². The average molecular weight is 266 g/mol. The molecule has 0 saturated carbocycles. The first-order chi connectivity index (χ1) is 8.60. The third-order valence-corrected chi connectivity index (χ3v) is 2.91. The number of anilines is 1. The van der Waals surface area contributed by atoms with Gasteiger partial charge in [0.2, 0.25) is 0 Å². The lowest BCUT2D eigenvalue weighted by molar-refractivity contribution is 0.292. The molecule has 0 aliphatic heterocycles. The van der Waals surface area contributed by atoms with Gasteiger partial charge >= 0.3 is 0 Å². The third-order valence-electron chi connectivity index (χ3n) is 2.62. The molecule has 0 atom stereocenters. The van der Waals surface area contributed by atoms with Crippen molar-refractivity contribution in [2.75, 3.05) is 5.73 Å². The molecule has 1 heterocycles. The van der Waals surface area contributed by atoms with Crippen LogP contribution in [0.5, 0.6) is 5.75 Å². The molecule has 5 heteroatoms. The van der Waals surface area contributed by atoms with Crippen LogP contribution in [-0.2, 0) is 13.2 Å². The fourth-order valence-corrected chi connectivity index (χ4v) is 2.02. The molecule has 4 nitrogen and oxygen atoms in total. The molecule has 0 spiro atoms. The number of ether oxygens (including phenoxy) is 1. The molecule has 2 rings (SSSR count). The van der Waals surface area contributed by atoms with Gasteiger partial charge in [-0.25, -0.2) is 0 Å². The zero-order valence-corrected chi connectivity index (χ0v) is 11.2. The predicted molar refractivity (Wildman–Crippen MR) is 72.8 cm³/mol. The molecule has 1 aromatic carbocycles. The average Bonchev–Trinajstić information content (AvgIpc) is 2.68. The summed E-state index contributed by atoms with van der Waals surface area (Å²) >= 11 is 6.05. The molecule has 0 aliphatic rings. The van der Waals surface area contributed by atoms with Crippen LogP contribution in [0.2, 0.25) is 5.02 Å². The number of benzene rings is 1. The quantitative estimate of drug-likeness (QED) is 0.865. The number of rotatable bonds is 4. The smallest absolute Gasteiger partial charge is 0.138 e. The predicted octanol–water partition coefficient (Wildman–Crippen LogP) is 3.03. The Kier molecular flexibility index (Phi) is 3.77. The summed E-state index contributed by atoms with van der Waals surface area (Å²) in [6.45, 7) is 5.28. The number of aryl methyl sites for hydroxylation is 2. The number of hydrogen-bond donors (Lipinski definition) is 1. The molecule has 0 saturated heterocycles. The Hall–Kier alpha value is -1.68. The van der Waals surface area contributed by atoms with E-state index in [1.165, 1.54) is 0 Å². The molecule has 0 aliphatic carbocycles. The monoisotopic (exact) mass is 265 g/mol. The standard InChI is InChI=1S/C13H16ClN3O/c1-3-17-11(6-9(2)16-17)8-18-13-5-4-10(15)7-12(13)14/h4-7H,3,8,15H2,1-2H3.